The Kier molecular flexibility index (Phi) is 27.4. The highest BCUT2D eigenvalue weighted by molar-refractivity contribution is 7.90. The summed E-state index contributed by atoms with van der Waals surface area (Å²) >= 11 is 6.86. The molecule has 5 N–H and O–H groups in total. The summed E-state index contributed by atoms with van der Waals surface area (Å²) in [5.41, 5.74) is 3.87. The Hall–Kier alpha value is -6.73. The third kappa shape index (κ3) is 20.1. The number of sulfone groups is 1. The lowest BCUT2D eigenvalue weighted by Gasteiger charge is -2.41. The fourth-order valence-electron chi connectivity index (χ4n) is 11.7. The number of anilines is 1. The first-order valence-electron chi connectivity index (χ1n) is 31.2. The van der Waals surface area contributed by atoms with Crippen LogP contribution in [0.3, 0.4) is 0 Å². The molecule has 0 saturated carbocycles. The summed E-state index contributed by atoms with van der Waals surface area (Å²) in [6.07, 6.45) is 4.41. The van der Waals surface area contributed by atoms with Gasteiger partial charge in [-0.3, -0.25) is 33.6 Å². The topological polar surface area (TPSA) is 323 Å². The number of halogens is 1. The second-order valence-corrected chi connectivity index (χ2v) is 27.3. The number of methoxy groups -OCH3 is 2. The molecular weight excluding hydrogens is 1220 g/mol. The molecule has 25 heteroatoms. The molecule has 2 saturated heterocycles. The van der Waals surface area contributed by atoms with Crippen LogP contribution in [0.25, 0.3) is 0 Å². The molecule has 5 amide bonds. The van der Waals surface area contributed by atoms with Crippen LogP contribution in [-0.2, 0) is 79.9 Å². The van der Waals surface area contributed by atoms with E-state index in [2.05, 4.69) is 10.6 Å². The summed E-state index contributed by atoms with van der Waals surface area (Å²) in [4.78, 5) is 124. The number of likely N-dealkylation sites (N-methyl/N-ethyl adjacent to an activating group) is 1. The number of nitrogens with two attached hydrogens (primary N) is 1. The number of primary amides is 1. The van der Waals surface area contributed by atoms with Crippen LogP contribution in [0.1, 0.15) is 154 Å². The van der Waals surface area contributed by atoms with Gasteiger partial charge in [-0.1, -0.05) is 76.1 Å². The van der Waals surface area contributed by atoms with Crippen molar-refractivity contribution in [2.45, 2.75) is 198 Å². The van der Waals surface area contributed by atoms with Crippen LogP contribution < -0.4 is 26.0 Å². The van der Waals surface area contributed by atoms with E-state index < -0.39 is 124 Å². The predicted octanol–water partition coefficient (Wildman–Crippen LogP) is 7.30. The fourth-order valence-corrected chi connectivity index (χ4v) is 13.0. The van der Waals surface area contributed by atoms with Crippen molar-refractivity contribution in [3.63, 3.8) is 0 Å². The van der Waals surface area contributed by atoms with E-state index in [0.717, 1.165) is 28.4 Å². The van der Waals surface area contributed by atoms with Gasteiger partial charge in [0.25, 0.3) is 5.91 Å². The number of urea groups is 1. The van der Waals surface area contributed by atoms with Crippen LogP contribution in [0, 0.1) is 23.7 Å². The van der Waals surface area contributed by atoms with Gasteiger partial charge in [0.05, 0.1) is 55.2 Å². The van der Waals surface area contributed by atoms with Crippen LogP contribution in [0.2, 0.25) is 5.02 Å². The van der Waals surface area contributed by atoms with Crippen molar-refractivity contribution in [2.24, 2.45) is 29.4 Å². The molecule has 3 heterocycles. The van der Waals surface area contributed by atoms with Gasteiger partial charge in [0.2, 0.25) is 11.8 Å². The average molecular weight is 1310 g/mol. The van der Waals surface area contributed by atoms with Gasteiger partial charge in [-0.25, -0.2) is 18.0 Å². The maximum atomic E-state index is 14.6. The lowest BCUT2D eigenvalue weighted by molar-refractivity contribution is -0.187. The molecule has 23 nitrogen and oxygen atoms in total. The lowest BCUT2D eigenvalue weighted by atomic mass is 9.78. The number of benzene rings is 2. The molecule has 10 atom stereocenters. The first-order valence-corrected chi connectivity index (χ1v) is 33.4. The van der Waals surface area contributed by atoms with E-state index in [-0.39, 0.29) is 96.3 Å². The minimum atomic E-state index is -4.19. The normalized spacial score (nSPS) is 23.9. The molecule has 3 aliphatic heterocycles. The molecule has 0 radical (unpaired) electrons. The Morgan fingerprint density at radius 1 is 0.989 bits per heavy atom. The zero-order valence-electron chi connectivity index (χ0n) is 54.9. The van der Waals surface area contributed by atoms with Crippen molar-refractivity contribution in [1.29, 1.82) is 0 Å². The van der Waals surface area contributed by atoms with Gasteiger partial charge in [0, 0.05) is 77.1 Å². The minimum absolute atomic E-state index is 0.00552. The number of esters is 3. The smallest absolute Gasteiger partial charge is 0.328 e. The van der Waals surface area contributed by atoms with Gasteiger partial charge in [0.1, 0.15) is 52.1 Å². The summed E-state index contributed by atoms with van der Waals surface area (Å²) in [7, 11) is 1.48. The molecule has 2 fully saturated rings. The largest absolute Gasteiger partial charge is 0.495 e. The maximum absolute atomic E-state index is 14.6. The SMILES string of the molecule is CCC(CC)C(=O)OCCCCCC(=O)C[C@H](C(=O)N[C@@H](CCCNC(N)=O)C(=O)Cc1ccc(C(=O)N(C)[C@@H](C)C(=O)O[C@H]2CC(=O)N(C)c3cc(cc(OC)c3Cl)C/C(C)=C/C=C/[C@@H](OC)[C@]3(O)CC(=O)O[C@@H](C3)[C@@H](C)[C@@H]3O[C@@]23C)cc1S(C)(=O)=O)C(C)C. The molecule has 3 aliphatic rings. The number of fused-ring (bicyclic) bond motifs is 5. The van der Waals surface area contributed by atoms with E-state index in [1.54, 1.807) is 52.0 Å². The molecular formula is C66H94ClN5O18S. The number of ketones is 2. The Morgan fingerprint density at radius 2 is 1.68 bits per heavy atom. The second-order valence-electron chi connectivity index (χ2n) is 24.9. The summed E-state index contributed by atoms with van der Waals surface area (Å²) in [6, 6.07) is 3.75. The first-order chi connectivity index (χ1) is 42.7. The van der Waals surface area contributed by atoms with Crippen LogP contribution in [0.15, 0.2) is 59.0 Å². The van der Waals surface area contributed by atoms with Gasteiger partial charge < -0.3 is 59.7 Å². The average Bonchev–Trinajstić information content (AvgIpc) is 1.58. The number of rotatable bonds is 28. The van der Waals surface area contributed by atoms with Gasteiger partial charge in [-0.05, 0) is 113 Å². The van der Waals surface area contributed by atoms with E-state index in [9.17, 15) is 56.7 Å². The molecule has 2 aromatic rings. The number of aliphatic hydroxyl groups is 1. The van der Waals surface area contributed by atoms with Crippen molar-refractivity contribution in [1.82, 2.24) is 15.5 Å². The Bertz CT molecular complexity index is 3170. The Balaban J connectivity index is 1.37. The van der Waals surface area contributed by atoms with Gasteiger partial charge in [0.15, 0.2) is 15.6 Å². The molecule has 4 bridgehead atoms. The molecule has 0 aromatic heterocycles. The molecule has 5 rings (SSSR count). The Morgan fingerprint density at radius 3 is 2.31 bits per heavy atom. The van der Waals surface area contributed by atoms with Crippen LogP contribution in [0.5, 0.6) is 5.75 Å². The van der Waals surface area contributed by atoms with Crippen LogP contribution in [0.4, 0.5) is 10.5 Å². The van der Waals surface area contributed by atoms with Crippen LogP contribution >= 0.6 is 11.6 Å². The standard InChI is InChI=1S/C66H94ClN5O18S/c1-14-43(15-2)63(80)87-28-18-16-17-22-46(73)34-47(38(3)4)60(77)70-48(23-20-27-69-64(68)81)50(74)32-44-25-26-45(33-53(44)91(13,83)84)61(78)71(9)41(7)62(79)89-55-35-56(75)72(10)49-30-42(31-51(85-11)58(49)67)29-39(5)21-19-24-54(86-12)66(82)36-52(88-57(76)37-66)40(6)59-65(55,8)90-59/h19,21,24-26,30-31,33,38,40-41,43,47-48,52,54-55,59,82H,14-18,20,22-23,27-29,32,34-37H2,1-13H3,(H,70,77)(H3,68,69,81)/b24-19+,39-21+/t40-,41+,47+,48+,52+,54-,55+,59+,65+,66-/m1/s1. The number of nitrogens with one attached hydrogen (secondary N) is 2. The molecule has 2 aromatic carbocycles. The Labute approximate surface area is 540 Å². The predicted molar refractivity (Wildman–Crippen MR) is 340 cm³/mol. The number of carbonyl (C=O) groups excluding carboxylic acids is 9. The highest BCUT2D eigenvalue weighted by Gasteiger charge is 2.64. The number of hydrogen-bond acceptors (Lipinski definition) is 18. The zero-order valence-corrected chi connectivity index (χ0v) is 56.4. The first kappa shape index (κ1) is 75.0. The number of amides is 5. The van der Waals surface area contributed by atoms with E-state index in [1.165, 1.54) is 52.3 Å². The van der Waals surface area contributed by atoms with E-state index in [0.29, 0.717) is 50.0 Å². The second kappa shape index (κ2) is 33.2. The number of allylic oxidation sites excluding steroid dienone is 3. The highest BCUT2D eigenvalue weighted by Crippen LogP contribution is 2.50. The third-order valence-corrected chi connectivity index (χ3v) is 19.3. The van der Waals surface area contributed by atoms with E-state index in [4.69, 9.17) is 45.8 Å². The quantitative estimate of drug-likeness (QED) is 0.0281. The maximum Gasteiger partial charge on any atom is 0.328 e. The number of Topliss-reactive ketones (excluding diaryl/α,β-unsaturated/α-hetero) is 2. The van der Waals surface area contributed by atoms with Crippen molar-refractivity contribution in [3.05, 3.63) is 75.8 Å². The number of carbonyl (C=O) groups is 9. The number of unbranched alkanes of at least 4 members (excludes halogenated alkanes) is 2. The van der Waals surface area contributed by atoms with Gasteiger partial charge in [-0.2, -0.15) is 0 Å². The summed E-state index contributed by atoms with van der Waals surface area (Å²) in [5, 5.41) is 17.4. The van der Waals surface area contributed by atoms with E-state index in [1.807, 2.05) is 26.8 Å². The van der Waals surface area contributed by atoms with Crippen molar-refractivity contribution in [2.75, 3.05) is 52.6 Å². The number of epoxide rings is 1. The summed E-state index contributed by atoms with van der Waals surface area (Å²) in [6.45, 7) is 14.3. The molecule has 91 heavy (non-hydrogen) atoms. The molecule has 0 unspecified atom stereocenters. The summed E-state index contributed by atoms with van der Waals surface area (Å²) in [5.74, 6) is -6.28. The third-order valence-electron chi connectivity index (χ3n) is 17.7. The monoisotopic (exact) mass is 1310 g/mol. The van der Waals surface area contributed by atoms with Crippen molar-refractivity contribution >= 4 is 80.4 Å². The fraction of sp³-hybridized carbons (Fsp3) is 0.621. The van der Waals surface area contributed by atoms with Crippen molar-refractivity contribution in [3.8, 4) is 5.75 Å². The highest BCUT2D eigenvalue weighted by atomic mass is 35.5. The lowest BCUT2D eigenvalue weighted by Crippen LogP contribution is -2.53. The molecule has 0 aliphatic carbocycles. The van der Waals surface area contributed by atoms with Gasteiger partial charge in [-0.15, -0.1) is 0 Å². The molecule has 0 spiro atoms. The number of nitrogens with zero attached hydrogens (tertiary/aromatic N) is 2. The number of hydrogen-bond donors (Lipinski definition) is 4. The van der Waals surface area contributed by atoms with Gasteiger partial charge >= 0.3 is 23.9 Å². The zero-order chi connectivity index (χ0) is 67.9. The van der Waals surface area contributed by atoms with Crippen molar-refractivity contribution < 1.29 is 85.1 Å². The van der Waals surface area contributed by atoms with E-state index >= 15 is 0 Å². The molecule has 504 valence electrons. The van der Waals surface area contributed by atoms with Crippen LogP contribution in [-0.4, -0.2) is 167 Å². The minimum Gasteiger partial charge on any atom is -0.495 e. The summed E-state index contributed by atoms with van der Waals surface area (Å²) < 4.78 is 62.3. The number of ether oxygens (including phenoxy) is 6.